The van der Waals surface area contributed by atoms with E-state index in [1.807, 2.05) is 0 Å². The standard InChI is InChI=1S/C15H30N2O2/c1-13(2)9-17(10-14(3,4)19-13)11-15(8-16)6-5-7-18-12-15/h5-12,16H2,1-4H3. The summed E-state index contributed by atoms with van der Waals surface area (Å²) in [7, 11) is 0. The Morgan fingerprint density at radius 2 is 1.74 bits per heavy atom. The Morgan fingerprint density at radius 1 is 1.11 bits per heavy atom. The minimum absolute atomic E-state index is 0.0902. The quantitative estimate of drug-likeness (QED) is 0.847. The van der Waals surface area contributed by atoms with E-state index in [1.54, 1.807) is 0 Å². The second kappa shape index (κ2) is 5.32. The molecule has 2 N–H and O–H groups in total. The molecule has 0 aromatic rings. The van der Waals surface area contributed by atoms with Crippen LogP contribution in [0.4, 0.5) is 0 Å². The van der Waals surface area contributed by atoms with Crippen LogP contribution in [0.25, 0.3) is 0 Å². The number of rotatable bonds is 3. The maximum Gasteiger partial charge on any atom is 0.0760 e. The highest BCUT2D eigenvalue weighted by atomic mass is 16.5. The van der Waals surface area contributed by atoms with Crippen LogP contribution in [-0.2, 0) is 9.47 Å². The van der Waals surface area contributed by atoms with E-state index in [4.69, 9.17) is 15.2 Å². The number of hydrogen-bond acceptors (Lipinski definition) is 4. The van der Waals surface area contributed by atoms with Crippen molar-refractivity contribution in [1.82, 2.24) is 4.90 Å². The van der Waals surface area contributed by atoms with Crippen LogP contribution in [0, 0.1) is 5.41 Å². The van der Waals surface area contributed by atoms with Crippen molar-refractivity contribution in [3.05, 3.63) is 0 Å². The fourth-order valence-corrected chi connectivity index (χ4v) is 3.79. The van der Waals surface area contributed by atoms with Gasteiger partial charge in [0.2, 0.25) is 0 Å². The Hall–Kier alpha value is -0.160. The topological polar surface area (TPSA) is 47.7 Å². The van der Waals surface area contributed by atoms with Crippen molar-refractivity contribution in [1.29, 1.82) is 0 Å². The SMILES string of the molecule is CC1(C)CN(CC2(CN)CCCOC2)CC(C)(C)O1. The van der Waals surface area contributed by atoms with E-state index in [0.717, 1.165) is 39.3 Å². The third-order valence-corrected chi connectivity index (χ3v) is 4.16. The Bertz CT molecular complexity index is 293. The molecule has 2 saturated heterocycles. The zero-order valence-electron chi connectivity index (χ0n) is 13.0. The highest BCUT2D eigenvalue weighted by molar-refractivity contribution is 4.93. The average molecular weight is 270 g/mol. The summed E-state index contributed by atoms with van der Waals surface area (Å²) in [6, 6.07) is 0. The Morgan fingerprint density at radius 3 is 2.21 bits per heavy atom. The Kier molecular flexibility index (Phi) is 4.26. The van der Waals surface area contributed by atoms with Crippen molar-refractivity contribution < 1.29 is 9.47 Å². The predicted molar refractivity (Wildman–Crippen MR) is 77.2 cm³/mol. The normalized spacial score (nSPS) is 35.2. The van der Waals surface area contributed by atoms with Crippen molar-refractivity contribution in [2.75, 3.05) is 39.4 Å². The molecule has 0 amide bonds. The van der Waals surface area contributed by atoms with E-state index in [1.165, 1.54) is 6.42 Å². The fraction of sp³-hybridized carbons (Fsp3) is 1.00. The number of morpholine rings is 1. The van der Waals surface area contributed by atoms with Gasteiger partial charge >= 0.3 is 0 Å². The lowest BCUT2D eigenvalue weighted by Gasteiger charge is -2.50. The molecule has 2 heterocycles. The van der Waals surface area contributed by atoms with Gasteiger partial charge in [-0.2, -0.15) is 0 Å². The van der Waals surface area contributed by atoms with Gasteiger partial charge in [-0.25, -0.2) is 0 Å². The molecule has 0 spiro atoms. The zero-order valence-corrected chi connectivity index (χ0v) is 13.0. The molecule has 0 saturated carbocycles. The molecule has 2 aliphatic rings. The largest absolute Gasteiger partial charge is 0.381 e. The maximum absolute atomic E-state index is 6.14. The van der Waals surface area contributed by atoms with Crippen LogP contribution in [0.3, 0.4) is 0 Å². The van der Waals surface area contributed by atoms with Gasteiger partial charge in [-0.1, -0.05) is 0 Å². The van der Waals surface area contributed by atoms with E-state index < -0.39 is 0 Å². The molecule has 4 nitrogen and oxygen atoms in total. The van der Waals surface area contributed by atoms with Crippen LogP contribution in [0.2, 0.25) is 0 Å². The van der Waals surface area contributed by atoms with Crippen molar-refractivity contribution in [2.24, 2.45) is 11.1 Å². The van der Waals surface area contributed by atoms with Gasteiger partial charge in [-0.3, -0.25) is 4.90 Å². The summed E-state index contributed by atoms with van der Waals surface area (Å²) in [4.78, 5) is 2.52. The van der Waals surface area contributed by atoms with Gasteiger partial charge in [-0.15, -0.1) is 0 Å². The van der Waals surface area contributed by atoms with Gasteiger partial charge in [0, 0.05) is 38.2 Å². The van der Waals surface area contributed by atoms with Gasteiger partial charge in [0.05, 0.1) is 17.8 Å². The molecule has 0 radical (unpaired) electrons. The average Bonchev–Trinajstić information content (AvgIpc) is 2.25. The smallest absolute Gasteiger partial charge is 0.0760 e. The first-order valence-corrected chi connectivity index (χ1v) is 7.46. The number of hydrogen-bond donors (Lipinski definition) is 1. The third kappa shape index (κ3) is 3.91. The van der Waals surface area contributed by atoms with Crippen LogP contribution in [0.1, 0.15) is 40.5 Å². The van der Waals surface area contributed by atoms with Gasteiger partial charge < -0.3 is 15.2 Å². The summed E-state index contributed by atoms with van der Waals surface area (Å²) in [5, 5.41) is 0. The van der Waals surface area contributed by atoms with Crippen LogP contribution in [0.5, 0.6) is 0 Å². The summed E-state index contributed by atoms with van der Waals surface area (Å²) < 4.78 is 11.8. The molecule has 1 atom stereocenters. The molecule has 2 fully saturated rings. The highest BCUT2D eigenvalue weighted by Gasteiger charge is 2.41. The van der Waals surface area contributed by atoms with Crippen molar-refractivity contribution >= 4 is 0 Å². The third-order valence-electron chi connectivity index (χ3n) is 4.16. The van der Waals surface area contributed by atoms with Crippen molar-refractivity contribution in [2.45, 2.75) is 51.7 Å². The van der Waals surface area contributed by atoms with E-state index >= 15 is 0 Å². The zero-order chi connectivity index (χ0) is 14.1. The van der Waals surface area contributed by atoms with E-state index in [0.29, 0.717) is 6.54 Å². The first-order chi connectivity index (χ1) is 8.76. The fourth-order valence-electron chi connectivity index (χ4n) is 3.79. The minimum atomic E-state index is -0.0902. The number of nitrogens with two attached hydrogens (primary N) is 1. The molecule has 4 heteroatoms. The van der Waals surface area contributed by atoms with Crippen molar-refractivity contribution in [3.63, 3.8) is 0 Å². The van der Waals surface area contributed by atoms with Crippen molar-refractivity contribution in [3.8, 4) is 0 Å². The molecule has 0 bridgehead atoms. The minimum Gasteiger partial charge on any atom is -0.381 e. The molecule has 0 aromatic heterocycles. The molecule has 19 heavy (non-hydrogen) atoms. The van der Waals surface area contributed by atoms with Crippen LogP contribution >= 0.6 is 0 Å². The maximum atomic E-state index is 6.14. The summed E-state index contributed by atoms with van der Waals surface area (Å²) in [5.74, 6) is 0. The van der Waals surface area contributed by atoms with Gasteiger partial charge in [0.25, 0.3) is 0 Å². The molecular formula is C15H30N2O2. The lowest BCUT2D eigenvalue weighted by Crippen LogP contribution is -2.60. The van der Waals surface area contributed by atoms with E-state index in [-0.39, 0.29) is 16.6 Å². The van der Waals surface area contributed by atoms with Gasteiger partial charge in [0.1, 0.15) is 0 Å². The van der Waals surface area contributed by atoms with Crippen LogP contribution < -0.4 is 5.73 Å². The molecule has 2 aliphatic heterocycles. The van der Waals surface area contributed by atoms with E-state index in [2.05, 4.69) is 32.6 Å². The number of ether oxygens (including phenoxy) is 2. The first kappa shape index (κ1) is 15.2. The van der Waals surface area contributed by atoms with Gasteiger partial charge in [0.15, 0.2) is 0 Å². The second-order valence-corrected chi connectivity index (χ2v) is 7.63. The summed E-state index contributed by atoms with van der Waals surface area (Å²) >= 11 is 0. The van der Waals surface area contributed by atoms with E-state index in [9.17, 15) is 0 Å². The number of nitrogens with zero attached hydrogens (tertiary/aromatic N) is 1. The summed E-state index contributed by atoms with van der Waals surface area (Å²) in [6.07, 6.45) is 2.32. The van der Waals surface area contributed by atoms with Crippen LogP contribution in [-0.4, -0.2) is 55.5 Å². The lowest BCUT2D eigenvalue weighted by molar-refractivity contribution is -0.187. The molecule has 1 unspecified atom stereocenters. The van der Waals surface area contributed by atoms with Gasteiger partial charge in [-0.05, 0) is 40.5 Å². The second-order valence-electron chi connectivity index (χ2n) is 7.63. The molecule has 0 aromatic carbocycles. The highest BCUT2D eigenvalue weighted by Crippen LogP contribution is 2.33. The monoisotopic (exact) mass is 270 g/mol. The van der Waals surface area contributed by atoms with Crippen LogP contribution in [0.15, 0.2) is 0 Å². The Labute approximate surface area is 117 Å². The molecular weight excluding hydrogens is 240 g/mol. The Balaban J connectivity index is 2.04. The first-order valence-electron chi connectivity index (χ1n) is 7.46. The predicted octanol–water partition coefficient (Wildman–Crippen LogP) is 1.63. The molecule has 112 valence electrons. The molecule has 2 rings (SSSR count). The summed E-state index contributed by atoms with van der Waals surface area (Å²) in [5.41, 5.74) is 6.01. The lowest BCUT2D eigenvalue weighted by atomic mass is 9.81. The molecule has 0 aliphatic carbocycles. The summed E-state index contributed by atoms with van der Waals surface area (Å²) in [6.45, 7) is 14.1.